The van der Waals surface area contributed by atoms with Crippen molar-refractivity contribution < 1.29 is 37.7 Å². The fourth-order valence-electron chi connectivity index (χ4n) is 6.01. The summed E-state index contributed by atoms with van der Waals surface area (Å²) in [5.41, 5.74) is -0.0803. The van der Waals surface area contributed by atoms with E-state index in [0.29, 0.717) is 39.8 Å². The lowest BCUT2D eigenvalue weighted by Crippen LogP contribution is -2.52. The van der Waals surface area contributed by atoms with Gasteiger partial charge in [0, 0.05) is 29.4 Å². The van der Waals surface area contributed by atoms with E-state index in [4.69, 9.17) is 27.9 Å². The molecule has 2 saturated heterocycles. The number of alkyl halides is 3. The van der Waals surface area contributed by atoms with Gasteiger partial charge in [-0.25, -0.2) is 9.78 Å². The van der Waals surface area contributed by atoms with Crippen molar-refractivity contribution in [1.82, 2.24) is 23.9 Å². The Balaban J connectivity index is 1.18. The molecule has 6 rings (SSSR count). The molecule has 2 N–H and O–H groups in total. The van der Waals surface area contributed by atoms with Crippen LogP contribution in [0.4, 0.5) is 18.0 Å². The Morgan fingerprint density at radius 2 is 1.70 bits per heavy atom. The number of piperidine rings is 1. The Bertz CT molecular complexity index is 1870. The van der Waals surface area contributed by atoms with Crippen molar-refractivity contribution in [2.75, 3.05) is 26.2 Å². The Kier molecular flexibility index (Phi) is 8.72. The van der Waals surface area contributed by atoms with Crippen LogP contribution in [0.2, 0.25) is 10.2 Å². The zero-order valence-electron chi connectivity index (χ0n) is 24.5. The fourth-order valence-corrected chi connectivity index (χ4v) is 6.42. The predicted molar refractivity (Wildman–Crippen MR) is 165 cm³/mol. The summed E-state index contributed by atoms with van der Waals surface area (Å²) in [5, 5.41) is 21.8. The highest BCUT2D eigenvalue weighted by atomic mass is 35.5. The number of morpholine rings is 1. The lowest BCUT2D eigenvalue weighted by molar-refractivity contribution is -0.241. The van der Waals surface area contributed by atoms with Gasteiger partial charge in [-0.1, -0.05) is 35.3 Å². The number of ether oxygens (including phenoxy) is 1. The smallest absolute Gasteiger partial charge is 0.416 e. The molecule has 2 fully saturated rings. The lowest BCUT2D eigenvalue weighted by Gasteiger charge is -2.38. The van der Waals surface area contributed by atoms with Crippen LogP contribution in [-0.2, 0) is 11.3 Å². The monoisotopic (exact) mass is 693 g/mol. The zero-order valence-corrected chi connectivity index (χ0v) is 26.0. The number of hydrogen-bond donors (Lipinski definition) is 2. The molecule has 248 valence electrons. The van der Waals surface area contributed by atoms with Crippen molar-refractivity contribution in [1.29, 1.82) is 0 Å². The summed E-state index contributed by atoms with van der Waals surface area (Å²) in [5.74, 6) is -0.172. The van der Waals surface area contributed by atoms with Crippen LogP contribution in [-0.4, -0.2) is 90.3 Å². The number of nitrogens with zero attached hydrogens (tertiary/aromatic N) is 5. The van der Waals surface area contributed by atoms with Crippen molar-refractivity contribution in [2.45, 2.75) is 43.3 Å². The van der Waals surface area contributed by atoms with Crippen LogP contribution in [0.1, 0.15) is 34.8 Å². The molecule has 0 aliphatic carbocycles. The van der Waals surface area contributed by atoms with Crippen LogP contribution in [0.3, 0.4) is 0 Å². The van der Waals surface area contributed by atoms with Crippen molar-refractivity contribution in [2.24, 2.45) is 0 Å². The second-order valence-corrected chi connectivity index (χ2v) is 12.5. The van der Waals surface area contributed by atoms with E-state index in [1.807, 2.05) is 0 Å². The maximum absolute atomic E-state index is 13.5. The molecule has 0 radical (unpaired) electrons. The molecule has 0 unspecified atom stereocenters. The Hall–Kier alpha value is -4.11. The number of amides is 2. The molecule has 4 aromatic rings. The maximum Gasteiger partial charge on any atom is 0.416 e. The number of halogens is 5. The number of rotatable bonds is 5. The molecule has 2 aromatic carbocycles. The largest absolute Gasteiger partial charge is 0.465 e. The first-order chi connectivity index (χ1) is 22.2. The van der Waals surface area contributed by atoms with E-state index in [1.165, 1.54) is 21.5 Å². The molecule has 0 bridgehead atoms. The number of hydrogen-bond acceptors (Lipinski definition) is 6. The third kappa shape index (κ3) is 6.55. The first-order valence-corrected chi connectivity index (χ1v) is 15.3. The first-order valence-electron chi connectivity index (χ1n) is 14.6. The van der Waals surface area contributed by atoms with Crippen molar-refractivity contribution in [3.63, 3.8) is 0 Å². The summed E-state index contributed by atoms with van der Waals surface area (Å²) in [6.07, 6.45) is -6.62. The Labute approximate surface area is 275 Å². The van der Waals surface area contributed by atoms with Crippen LogP contribution >= 0.6 is 23.2 Å². The van der Waals surface area contributed by atoms with Gasteiger partial charge in [0.05, 0.1) is 36.7 Å². The molecular formula is C31H28Cl2F3N5O6. The average Bonchev–Trinajstić information content (AvgIpc) is 3.38. The standard InChI is InChI=1S/C31H28Cl2F3N5O6/c32-20-5-1-19(2-6-20)27(42)38-11-9-30(46,10-12-38)16-39-17-37-26-22(28(39)43)13-25(33)41(26)21-7-3-18(4-8-21)23-15-47-24(31(34,35)36)14-40(23)29(44)45/h1-8,13,17,23-24,46H,9-12,14-16H2,(H,44,45)/t23-,24+/m0/s1. The average molecular weight is 694 g/mol. The van der Waals surface area contributed by atoms with Crippen LogP contribution in [0.15, 0.2) is 65.7 Å². The van der Waals surface area contributed by atoms with Crippen LogP contribution in [0.5, 0.6) is 0 Å². The predicted octanol–water partition coefficient (Wildman–Crippen LogP) is 5.14. The van der Waals surface area contributed by atoms with E-state index in [9.17, 15) is 37.8 Å². The Morgan fingerprint density at radius 3 is 2.32 bits per heavy atom. The molecule has 2 aliphatic heterocycles. The highest BCUT2D eigenvalue weighted by Crippen LogP contribution is 2.34. The number of carboxylic acid groups (broad SMARTS) is 1. The molecule has 4 heterocycles. The minimum absolute atomic E-state index is 0.0476. The zero-order chi connectivity index (χ0) is 33.7. The third-order valence-corrected chi connectivity index (χ3v) is 9.15. The van der Waals surface area contributed by atoms with E-state index >= 15 is 0 Å². The summed E-state index contributed by atoms with van der Waals surface area (Å²) in [4.78, 5) is 44.9. The van der Waals surface area contributed by atoms with Crippen molar-refractivity contribution in [3.8, 4) is 5.69 Å². The van der Waals surface area contributed by atoms with Gasteiger partial charge in [-0.3, -0.25) is 23.6 Å². The molecule has 47 heavy (non-hydrogen) atoms. The van der Waals surface area contributed by atoms with E-state index < -0.39 is 48.7 Å². The summed E-state index contributed by atoms with van der Waals surface area (Å²) < 4.78 is 47.2. The molecule has 2 atom stereocenters. The molecule has 16 heteroatoms. The summed E-state index contributed by atoms with van der Waals surface area (Å²) in [6.45, 7) is -0.799. The van der Waals surface area contributed by atoms with Crippen molar-refractivity contribution >= 4 is 46.2 Å². The number of likely N-dealkylation sites (tertiary alicyclic amines) is 1. The second-order valence-electron chi connectivity index (χ2n) is 11.6. The summed E-state index contributed by atoms with van der Waals surface area (Å²) in [6, 6.07) is 13.3. The summed E-state index contributed by atoms with van der Waals surface area (Å²) in [7, 11) is 0. The van der Waals surface area contributed by atoms with Gasteiger partial charge < -0.3 is 19.8 Å². The molecule has 11 nitrogen and oxygen atoms in total. The SMILES string of the molecule is O=C(c1ccc(Cl)cc1)N1CCC(O)(Cn2cnc3c(cc(Cl)n3-c3ccc([C@@H]4CO[C@@H](C(F)(F)F)CN4C(=O)O)cc3)c2=O)CC1. The van der Waals surface area contributed by atoms with Crippen molar-refractivity contribution in [3.05, 3.63) is 92.6 Å². The molecule has 0 spiro atoms. The normalized spacial score (nSPS) is 20.0. The first kappa shape index (κ1) is 32.8. The quantitative estimate of drug-likeness (QED) is 0.296. The lowest BCUT2D eigenvalue weighted by atomic mass is 9.91. The number of carbonyl (C=O) groups is 2. The highest BCUT2D eigenvalue weighted by molar-refractivity contribution is 6.31. The topological polar surface area (TPSA) is 130 Å². The van der Waals surface area contributed by atoms with E-state index in [2.05, 4.69) is 4.98 Å². The number of fused-ring (bicyclic) bond motifs is 1. The number of aromatic nitrogens is 3. The fraction of sp³-hybridized carbons (Fsp3) is 0.355. The van der Waals surface area contributed by atoms with E-state index in [1.54, 1.807) is 53.4 Å². The van der Waals surface area contributed by atoms with Crippen LogP contribution in [0, 0.1) is 0 Å². The minimum atomic E-state index is -4.70. The van der Waals surface area contributed by atoms with Gasteiger partial charge >= 0.3 is 12.3 Å². The van der Waals surface area contributed by atoms with Gasteiger partial charge in [0.15, 0.2) is 11.8 Å². The maximum atomic E-state index is 13.5. The summed E-state index contributed by atoms with van der Waals surface area (Å²) >= 11 is 12.4. The van der Waals surface area contributed by atoms with Gasteiger partial charge in [-0.2, -0.15) is 13.2 Å². The van der Waals surface area contributed by atoms with Gasteiger partial charge in [0.2, 0.25) is 0 Å². The number of carbonyl (C=O) groups excluding carboxylic acids is 1. The second kappa shape index (κ2) is 12.5. The van der Waals surface area contributed by atoms with Gasteiger partial charge in [-0.05, 0) is 60.9 Å². The van der Waals surface area contributed by atoms with E-state index in [-0.39, 0.29) is 41.5 Å². The van der Waals surface area contributed by atoms with Crippen LogP contribution in [0.25, 0.3) is 16.7 Å². The number of aliphatic hydroxyl groups is 1. The van der Waals surface area contributed by atoms with Gasteiger partial charge in [0.25, 0.3) is 11.5 Å². The third-order valence-electron chi connectivity index (χ3n) is 8.62. The van der Waals surface area contributed by atoms with Gasteiger partial charge in [0.1, 0.15) is 11.5 Å². The highest BCUT2D eigenvalue weighted by Gasteiger charge is 2.47. The Morgan fingerprint density at radius 1 is 1.04 bits per heavy atom. The minimum Gasteiger partial charge on any atom is -0.465 e. The van der Waals surface area contributed by atoms with Crippen LogP contribution < -0.4 is 5.56 Å². The molecular weight excluding hydrogens is 666 g/mol. The molecule has 2 aliphatic rings. The molecule has 2 amide bonds. The number of benzene rings is 2. The van der Waals surface area contributed by atoms with E-state index in [0.717, 1.165) is 0 Å². The van der Waals surface area contributed by atoms with Gasteiger partial charge in [-0.15, -0.1) is 0 Å². The molecule has 2 aromatic heterocycles. The molecule has 0 saturated carbocycles.